The van der Waals surface area contributed by atoms with Gasteiger partial charge in [-0.05, 0) is 31.5 Å². The van der Waals surface area contributed by atoms with Crippen LogP contribution in [-0.2, 0) is 11.2 Å². The molecular formula is C13H19NO4. The van der Waals surface area contributed by atoms with Crippen molar-refractivity contribution >= 4 is 5.97 Å². The minimum absolute atomic E-state index is 0.0303. The molecule has 0 spiro atoms. The Morgan fingerprint density at radius 2 is 2.06 bits per heavy atom. The summed E-state index contributed by atoms with van der Waals surface area (Å²) in [5.41, 5.74) is 1.99. The highest BCUT2D eigenvalue weighted by Crippen LogP contribution is 2.31. The zero-order valence-electron chi connectivity index (χ0n) is 10.9. The molecule has 0 unspecified atom stereocenters. The summed E-state index contributed by atoms with van der Waals surface area (Å²) in [6, 6.07) is 3.83. The van der Waals surface area contributed by atoms with Gasteiger partial charge in [-0.15, -0.1) is 0 Å². The number of nitrogens with one attached hydrogen (secondary N) is 1. The second kappa shape index (κ2) is 6.86. The van der Waals surface area contributed by atoms with Crippen molar-refractivity contribution < 1.29 is 19.4 Å². The number of hydrogen-bond acceptors (Lipinski definition) is 4. The number of rotatable bonds is 7. The summed E-state index contributed by atoms with van der Waals surface area (Å²) in [6.45, 7) is 2.50. The standard InChI is InChI=1S/C13H19NO4/c1-9-11(17-2)5-4-10(13(9)18-3)6-7-14-8-12(15)16/h4-5,14H,6-8H2,1-3H3,(H,15,16). The second-order valence-electron chi connectivity index (χ2n) is 3.91. The van der Waals surface area contributed by atoms with Crippen molar-refractivity contribution in [2.24, 2.45) is 0 Å². The molecule has 0 bridgehead atoms. The topological polar surface area (TPSA) is 67.8 Å². The minimum atomic E-state index is -0.854. The van der Waals surface area contributed by atoms with Crippen LogP contribution in [0.1, 0.15) is 11.1 Å². The first-order valence-electron chi connectivity index (χ1n) is 5.73. The molecule has 0 radical (unpaired) electrons. The Morgan fingerprint density at radius 1 is 1.33 bits per heavy atom. The molecule has 0 heterocycles. The Hall–Kier alpha value is -1.75. The molecule has 1 aromatic carbocycles. The average molecular weight is 253 g/mol. The highest BCUT2D eigenvalue weighted by atomic mass is 16.5. The van der Waals surface area contributed by atoms with Crippen LogP contribution in [0.25, 0.3) is 0 Å². The number of carbonyl (C=O) groups is 1. The van der Waals surface area contributed by atoms with Crippen LogP contribution in [-0.4, -0.2) is 38.4 Å². The SMILES string of the molecule is COc1ccc(CCNCC(=O)O)c(OC)c1C. The molecule has 0 aliphatic rings. The molecule has 5 nitrogen and oxygen atoms in total. The van der Waals surface area contributed by atoms with E-state index in [-0.39, 0.29) is 6.54 Å². The third-order valence-corrected chi connectivity index (χ3v) is 2.71. The lowest BCUT2D eigenvalue weighted by atomic mass is 10.1. The van der Waals surface area contributed by atoms with Crippen LogP contribution in [0.5, 0.6) is 11.5 Å². The summed E-state index contributed by atoms with van der Waals surface area (Å²) in [6.07, 6.45) is 0.710. The second-order valence-corrected chi connectivity index (χ2v) is 3.91. The number of ether oxygens (including phenoxy) is 2. The smallest absolute Gasteiger partial charge is 0.317 e. The van der Waals surface area contributed by atoms with Gasteiger partial charge in [0.1, 0.15) is 11.5 Å². The number of aliphatic carboxylic acids is 1. The lowest BCUT2D eigenvalue weighted by Crippen LogP contribution is -2.24. The van der Waals surface area contributed by atoms with Gasteiger partial charge in [0.2, 0.25) is 0 Å². The van der Waals surface area contributed by atoms with Gasteiger partial charge in [-0.3, -0.25) is 4.79 Å². The lowest BCUT2D eigenvalue weighted by molar-refractivity contribution is -0.135. The van der Waals surface area contributed by atoms with Crippen molar-refractivity contribution in [3.63, 3.8) is 0 Å². The molecule has 1 aromatic rings. The molecule has 0 aromatic heterocycles. The first-order chi connectivity index (χ1) is 8.60. The Bertz CT molecular complexity index is 418. The summed E-state index contributed by atoms with van der Waals surface area (Å²) in [4.78, 5) is 10.4. The van der Waals surface area contributed by atoms with E-state index in [9.17, 15) is 4.79 Å². The summed E-state index contributed by atoms with van der Waals surface area (Å²) in [7, 11) is 3.24. The van der Waals surface area contributed by atoms with Crippen LogP contribution in [0.4, 0.5) is 0 Å². The number of carboxylic acids is 1. The molecule has 1 rings (SSSR count). The van der Waals surface area contributed by atoms with Gasteiger partial charge >= 0.3 is 5.97 Å². The van der Waals surface area contributed by atoms with Crippen molar-refractivity contribution in [3.05, 3.63) is 23.3 Å². The predicted molar refractivity (Wildman–Crippen MR) is 68.5 cm³/mol. The normalized spacial score (nSPS) is 10.2. The zero-order valence-corrected chi connectivity index (χ0v) is 10.9. The van der Waals surface area contributed by atoms with Gasteiger partial charge in [-0.2, -0.15) is 0 Å². The van der Waals surface area contributed by atoms with E-state index in [1.54, 1.807) is 14.2 Å². The first kappa shape index (κ1) is 14.3. The largest absolute Gasteiger partial charge is 0.496 e. The maximum Gasteiger partial charge on any atom is 0.317 e. The molecule has 18 heavy (non-hydrogen) atoms. The van der Waals surface area contributed by atoms with E-state index in [0.717, 1.165) is 22.6 Å². The van der Waals surface area contributed by atoms with Gasteiger partial charge in [0.25, 0.3) is 0 Å². The Balaban J connectivity index is 2.71. The van der Waals surface area contributed by atoms with Gasteiger partial charge in [0.05, 0.1) is 20.8 Å². The lowest BCUT2D eigenvalue weighted by Gasteiger charge is -2.14. The minimum Gasteiger partial charge on any atom is -0.496 e. The van der Waals surface area contributed by atoms with Crippen LogP contribution in [0, 0.1) is 6.92 Å². The molecule has 2 N–H and O–H groups in total. The monoisotopic (exact) mass is 253 g/mol. The van der Waals surface area contributed by atoms with Crippen LogP contribution in [0.15, 0.2) is 12.1 Å². The van der Waals surface area contributed by atoms with E-state index in [0.29, 0.717) is 13.0 Å². The van der Waals surface area contributed by atoms with Crippen molar-refractivity contribution in [2.45, 2.75) is 13.3 Å². The van der Waals surface area contributed by atoms with Gasteiger partial charge in [-0.25, -0.2) is 0 Å². The Morgan fingerprint density at radius 3 is 2.61 bits per heavy atom. The van der Waals surface area contributed by atoms with E-state index in [2.05, 4.69) is 5.32 Å². The van der Waals surface area contributed by atoms with Crippen LogP contribution in [0.3, 0.4) is 0 Å². The number of hydrogen-bond donors (Lipinski definition) is 2. The Labute approximate surface area is 107 Å². The van der Waals surface area contributed by atoms with E-state index in [4.69, 9.17) is 14.6 Å². The van der Waals surface area contributed by atoms with Gasteiger partial charge in [0, 0.05) is 5.56 Å². The molecule has 5 heteroatoms. The fourth-order valence-electron chi connectivity index (χ4n) is 1.85. The number of methoxy groups -OCH3 is 2. The molecule has 0 saturated carbocycles. The Kier molecular flexibility index (Phi) is 5.45. The fraction of sp³-hybridized carbons (Fsp3) is 0.462. The van der Waals surface area contributed by atoms with Crippen molar-refractivity contribution in [2.75, 3.05) is 27.3 Å². The van der Waals surface area contributed by atoms with Crippen LogP contribution >= 0.6 is 0 Å². The van der Waals surface area contributed by atoms with Crippen molar-refractivity contribution in [1.29, 1.82) is 0 Å². The van der Waals surface area contributed by atoms with Crippen molar-refractivity contribution in [3.8, 4) is 11.5 Å². The molecule has 100 valence electrons. The van der Waals surface area contributed by atoms with E-state index < -0.39 is 5.97 Å². The summed E-state index contributed by atoms with van der Waals surface area (Å²) < 4.78 is 10.6. The van der Waals surface area contributed by atoms with E-state index in [1.807, 2.05) is 19.1 Å². The zero-order chi connectivity index (χ0) is 13.5. The van der Waals surface area contributed by atoms with Crippen LogP contribution in [0.2, 0.25) is 0 Å². The first-order valence-corrected chi connectivity index (χ1v) is 5.73. The molecule has 0 amide bonds. The molecular weight excluding hydrogens is 234 g/mol. The molecule has 0 saturated heterocycles. The quantitative estimate of drug-likeness (QED) is 0.715. The van der Waals surface area contributed by atoms with E-state index >= 15 is 0 Å². The molecule has 0 fully saturated rings. The molecule has 0 aliphatic heterocycles. The third-order valence-electron chi connectivity index (χ3n) is 2.71. The fourth-order valence-corrected chi connectivity index (χ4v) is 1.85. The summed E-state index contributed by atoms with van der Waals surface area (Å²) >= 11 is 0. The average Bonchev–Trinajstić information content (AvgIpc) is 2.34. The molecule has 0 aliphatic carbocycles. The summed E-state index contributed by atoms with van der Waals surface area (Å²) in [5, 5.41) is 11.4. The van der Waals surface area contributed by atoms with E-state index in [1.165, 1.54) is 0 Å². The van der Waals surface area contributed by atoms with Crippen LogP contribution < -0.4 is 14.8 Å². The number of carboxylic acid groups (broad SMARTS) is 1. The van der Waals surface area contributed by atoms with Gasteiger partial charge in [-0.1, -0.05) is 6.07 Å². The number of benzene rings is 1. The van der Waals surface area contributed by atoms with Gasteiger partial charge in [0.15, 0.2) is 0 Å². The van der Waals surface area contributed by atoms with Crippen molar-refractivity contribution in [1.82, 2.24) is 5.32 Å². The highest BCUT2D eigenvalue weighted by Gasteiger charge is 2.10. The highest BCUT2D eigenvalue weighted by molar-refractivity contribution is 5.69. The third kappa shape index (κ3) is 3.63. The molecule has 0 atom stereocenters. The predicted octanol–water partition coefficient (Wildman–Crippen LogP) is 1.23. The summed E-state index contributed by atoms with van der Waals surface area (Å²) in [5.74, 6) is 0.730. The maximum atomic E-state index is 10.4. The van der Waals surface area contributed by atoms with Gasteiger partial charge < -0.3 is 19.9 Å². The maximum absolute atomic E-state index is 10.4.